The molecule has 0 aliphatic rings. The number of carbonyl (C=O) groups is 2. The van der Waals surface area contributed by atoms with Gasteiger partial charge in [0.25, 0.3) is 0 Å². The number of para-hydroxylation sites is 1. The number of rotatable bonds is 16. The van der Waals surface area contributed by atoms with E-state index in [0.717, 1.165) is 23.4 Å². The fourth-order valence-electron chi connectivity index (χ4n) is 3.83. The summed E-state index contributed by atoms with van der Waals surface area (Å²) in [5.41, 5.74) is 0.933. The van der Waals surface area contributed by atoms with Crippen molar-refractivity contribution in [2.75, 3.05) is 38.2 Å². The number of hydrogen-bond acceptors (Lipinski definition) is 5. The summed E-state index contributed by atoms with van der Waals surface area (Å²) in [5, 5.41) is 11.9. The Morgan fingerprint density at radius 3 is 2.25 bits per heavy atom. The van der Waals surface area contributed by atoms with Gasteiger partial charge in [0.15, 0.2) is 17.7 Å². The smallest absolute Gasteiger partial charge is 0.333 e. The third-order valence-electron chi connectivity index (χ3n) is 5.91. The standard InChI is InChI=1S/C30H34F2N2O6/c1-2-38-28(29(35)36)20-22-10-13-25(14-11-22)40-19-17-34(16-6-7-18-39-24-8-4-3-5-9-24)30(37)33-23-12-15-26(31)27(32)21-23/h3-5,8-15,21,28H,2,6-7,16-20H2,1H3,(H,33,37)(H,35,36). The van der Waals surface area contributed by atoms with Crippen LogP contribution in [0.5, 0.6) is 11.5 Å². The SMILES string of the molecule is CCOC(Cc1ccc(OCCN(CCCCOc2ccccc2)C(=O)Nc2ccc(F)c(F)c2)cc1)C(=O)O. The summed E-state index contributed by atoms with van der Waals surface area (Å²) in [6.45, 7) is 3.34. The maximum Gasteiger partial charge on any atom is 0.333 e. The summed E-state index contributed by atoms with van der Waals surface area (Å²) in [4.78, 5) is 25.8. The van der Waals surface area contributed by atoms with E-state index in [4.69, 9.17) is 14.2 Å². The molecule has 2 amide bonds. The van der Waals surface area contributed by atoms with E-state index in [1.807, 2.05) is 30.3 Å². The number of benzene rings is 3. The lowest BCUT2D eigenvalue weighted by Crippen LogP contribution is -2.38. The molecule has 3 rings (SSSR count). The van der Waals surface area contributed by atoms with Crippen LogP contribution in [0.3, 0.4) is 0 Å². The molecule has 0 spiro atoms. The summed E-state index contributed by atoms with van der Waals surface area (Å²) in [7, 11) is 0. The van der Waals surface area contributed by atoms with Crippen LogP contribution in [0, 0.1) is 11.6 Å². The summed E-state index contributed by atoms with van der Waals surface area (Å²) in [5.74, 6) is -1.74. The monoisotopic (exact) mass is 556 g/mol. The molecule has 0 saturated heterocycles. The van der Waals surface area contributed by atoms with Crippen molar-refractivity contribution >= 4 is 17.7 Å². The molecule has 3 aromatic carbocycles. The minimum Gasteiger partial charge on any atom is -0.494 e. The highest BCUT2D eigenvalue weighted by Gasteiger charge is 2.18. The van der Waals surface area contributed by atoms with Crippen LogP contribution in [-0.2, 0) is 16.0 Å². The average molecular weight is 557 g/mol. The van der Waals surface area contributed by atoms with Gasteiger partial charge in [0.2, 0.25) is 0 Å². The van der Waals surface area contributed by atoms with Crippen LogP contribution in [0.4, 0.5) is 19.3 Å². The molecular weight excluding hydrogens is 522 g/mol. The predicted octanol–water partition coefficient (Wildman–Crippen LogP) is 5.77. The second-order valence-electron chi connectivity index (χ2n) is 8.89. The van der Waals surface area contributed by atoms with Gasteiger partial charge in [-0.25, -0.2) is 18.4 Å². The highest BCUT2D eigenvalue weighted by molar-refractivity contribution is 5.89. The number of unbranched alkanes of at least 4 members (excludes halogenated alkanes) is 1. The van der Waals surface area contributed by atoms with Crippen molar-refractivity contribution in [2.45, 2.75) is 32.3 Å². The van der Waals surface area contributed by atoms with Crippen molar-refractivity contribution in [3.63, 3.8) is 0 Å². The van der Waals surface area contributed by atoms with E-state index in [1.165, 1.54) is 11.0 Å². The van der Waals surface area contributed by atoms with Crippen LogP contribution < -0.4 is 14.8 Å². The van der Waals surface area contributed by atoms with Crippen LogP contribution in [0.1, 0.15) is 25.3 Å². The minimum absolute atomic E-state index is 0.143. The molecule has 0 aliphatic carbocycles. The van der Waals surface area contributed by atoms with E-state index in [-0.39, 0.29) is 25.3 Å². The molecule has 214 valence electrons. The van der Waals surface area contributed by atoms with Crippen molar-refractivity contribution in [2.24, 2.45) is 0 Å². The number of nitrogens with zero attached hydrogens (tertiary/aromatic N) is 1. The molecule has 3 aromatic rings. The van der Waals surface area contributed by atoms with E-state index < -0.39 is 29.7 Å². The quantitative estimate of drug-likeness (QED) is 0.218. The molecule has 0 aromatic heterocycles. The van der Waals surface area contributed by atoms with Gasteiger partial charge < -0.3 is 29.5 Å². The van der Waals surface area contributed by atoms with Crippen molar-refractivity contribution in [3.05, 3.63) is 90.0 Å². The third kappa shape index (κ3) is 10.2. The number of carbonyl (C=O) groups excluding carboxylic acids is 1. The Labute approximate surface area is 232 Å². The van der Waals surface area contributed by atoms with Gasteiger partial charge in [-0.1, -0.05) is 30.3 Å². The number of halogens is 2. The van der Waals surface area contributed by atoms with Crippen LogP contribution in [0.2, 0.25) is 0 Å². The highest BCUT2D eigenvalue weighted by Crippen LogP contribution is 2.16. The number of carboxylic acids is 1. The molecule has 40 heavy (non-hydrogen) atoms. The third-order valence-corrected chi connectivity index (χ3v) is 5.91. The van der Waals surface area contributed by atoms with Crippen LogP contribution >= 0.6 is 0 Å². The van der Waals surface area contributed by atoms with Gasteiger partial charge in [-0.05, 0) is 61.7 Å². The Balaban J connectivity index is 1.53. The first-order valence-electron chi connectivity index (χ1n) is 13.1. The normalized spacial score (nSPS) is 11.5. The molecule has 10 heteroatoms. The largest absolute Gasteiger partial charge is 0.494 e. The molecule has 0 saturated carbocycles. The molecule has 1 unspecified atom stereocenters. The zero-order valence-electron chi connectivity index (χ0n) is 22.4. The Hall–Kier alpha value is -4.18. The van der Waals surface area contributed by atoms with E-state index in [1.54, 1.807) is 31.2 Å². The van der Waals surface area contributed by atoms with E-state index >= 15 is 0 Å². The van der Waals surface area contributed by atoms with Gasteiger partial charge in [-0.3, -0.25) is 0 Å². The average Bonchev–Trinajstić information content (AvgIpc) is 2.95. The summed E-state index contributed by atoms with van der Waals surface area (Å²) < 4.78 is 43.7. The highest BCUT2D eigenvalue weighted by atomic mass is 19.2. The van der Waals surface area contributed by atoms with Crippen LogP contribution in [0.15, 0.2) is 72.8 Å². The number of hydrogen-bond donors (Lipinski definition) is 2. The number of amides is 2. The lowest BCUT2D eigenvalue weighted by molar-refractivity contribution is -0.149. The first kappa shape index (κ1) is 30.4. The summed E-state index contributed by atoms with van der Waals surface area (Å²) in [6, 6.07) is 19.1. The van der Waals surface area contributed by atoms with Crippen LogP contribution in [-0.4, -0.2) is 61.0 Å². The Morgan fingerprint density at radius 1 is 0.875 bits per heavy atom. The maximum atomic E-state index is 13.6. The van der Waals surface area contributed by atoms with Gasteiger partial charge in [0, 0.05) is 31.3 Å². The fourth-order valence-corrected chi connectivity index (χ4v) is 3.83. The Morgan fingerprint density at radius 2 is 1.57 bits per heavy atom. The van der Waals surface area contributed by atoms with E-state index in [2.05, 4.69) is 5.32 Å². The second-order valence-corrected chi connectivity index (χ2v) is 8.89. The van der Waals surface area contributed by atoms with Crippen LogP contribution in [0.25, 0.3) is 0 Å². The predicted molar refractivity (Wildman–Crippen MR) is 147 cm³/mol. The van der Waals surface area contributed by atoms with Crippen molar-refractivity contribution in [1.29, 1.82) is 0 Å². The lowest BCUT2D eigenvalue weighted by atomic mass is 10.1. The molecule has 0 aliphatic heterocycles. The minimum atomic E-state index is -1.05. The zero-order chi connectivity index (χ0) is 28.7. The molecule has 0 bridgehead atoms. The molecular formula is C30H34F2N2O6. The number of nitrogens with one attached hydrogen (secondary N) is 1. The van der Waals surface area contributed by atoms with Crippen molar-refractivity contribution < 1.29 is 37.7 Å². The first-order valence-corrected chi connectivity index (χ1v) is 13.1. The van der Waals surface area contributed by atoms with Gasteiger partial charge in [-0.15, -0.1) is 0 Å². The fraction of sp³-hybridized carbons (Fsp3) is 0.333. The molecule has 8 nitrogen and oxygen atoms in total. The molecule has 0 heterocycles. The first-order chi connectivity index (χ1) is 19.4. The molecule has 0 radical (unpaired) electrons. The topological polar surface area (TPSA) is 97.3 Å². The zero-order valence-corrected chi connectivity index (χ0v) is 22.4. The number of carboxylic acid groups (broad SMARTS) is 1. The van der Waals surface area contributed by atoms with Crippen molar-refractivity contribution in [3.8, 4) is 11.5 Å². The Kier molecular flexibility index (Phi) is 12.2. The second kappa shape index (κ2) is 16.0. The number of urea groups is 1. The van der Waals surface area contributed by atoms with Gasteiger partial charge in [-0.2, -0.15) is 0 Å². The maximum absolute atomic E-state index is 13.6. The van der Waals surface area contributed by atoms with Crippen molar-refractivity contribution in [1.82, 2.24) is 4.90 Å². The van der Waals surface area contributed by atoms with Gasteiger partial charge >= 0.3 is 12.0 Å². The summed E-state index contributed by atoms with van der Waals surface area (Å²) >= 11 is 0. The van der Waals surface area contributed by atoms with Gasteiger partial charge in [0.05, 0.1) is 13.2 Å². The molecule has 0 fully saturated rings. The number of ether oxygens (including phenoxy) is 3. The van der Waals surface area contributed by atoms with E-state index in [9.17, 15) is 23.5 Å². The number of aliphatic carboxylic acids is 1. The molecule has 1 atom stereocenters. The Bertz CT molecular complexity index is 1210. The number of anilines is 1. The van der Waals surface area contributed by atoms with E-state index in [0.29, 0.717) is 38.3 Å². The molecule has 2 N–H and O–H groups in total. The lowest BCUT2D eigenvalue weighted by Gasteiger charge is -2.23. The summed E-state index contributed by atoms with van der Waals surface area (Å²) in [6.07, 6.45) is 0.661. The van der Waals surface area contributed by atoms with Gasteiger partial charge in [0.1, 0.15) is 18.1 Å².